The van der Waals surface area contributed by atoms with Crippen LogP contribution in [0.1, 0.15) is 17.2 Å². The largest absolute Gasteiger partial charge is 0.313 e. The van der Waals surface area contributed by atoms with Crippen molar-refractivity contribution >= 4 is 15.9 Å². The third-order valence-electron chi connectivity index (χ3n) is 2.84. The van der Waals surface area contributed by atoms with E-state index in [0.717, 1.165) is 16.1 Å². The average Bonchev–Trinajstić information content (AvgIpc) is 2.34. The number of halogens is 3. The highest BCUT2D eigenvalue weighted by molar-refractivity contribution is 9.10. The van der Waals surface area contributed by atoms with Gasteiger partial charge in [-0.3, -0.25) is 4.98 Å². The molecule has 0 saturated heterocycles. The molecule has 0 radical (unpaired) electrons. The Morgan fingerprint density at radius 3 is 2.42 bits per heavy atom. The Bertz CT molecular complexity index is 555. The second kappa shape index (κ2) is 6.21. The number of benzene rings is 1. The Hall–Kier alpha value is -1.33. The van der Waals surface area contributed by atoms with E-state index in [0.29, 0.717) is 12.0 Å². The van der Waals surface area contributed by atoms with Crippen molar-refractivity contribution in [2.45, 2.75) is 12.5 Å². The predicted molar refractivity (Wildman–Crippen MR) is 73.8 cm³/mol. The van der Waals surface area contributed by atoms with Crippen molar-refractivity contribution in [3.8, 4) is 0 Å². The van der Waals surface area contributed by atoms with Crippen LogP contribution in [0.15, 0.2) is 41.1 Å². The van der Waals surface area contributed by atoms with Crippen LogP contribution >= 0.6 is 15.9 Å². The van der Waals surface area contributed by atoms with Crippen LogP contribution in [0.5, 0.6) is 0 Å². The van der Waals surface area contributed by atoms with Crippen LogP contribution < -0.4 is 5.32 Å². The van der Waals surface area contributed by atoms with Crippen LogP contribution in [-0.4, -0.2) is 12.0 Å². The summed E-state index contributed by atoms with van der Waals surface area (Å²) < 4.78 is 27.2. The van der Waals surface area contributed by atoms with Crippen molar-refractivity contribution < 1.29 is 8.78 Å². The molecule has 19 heavy (non-hydrogen) atoms. The molecule has 2 nitrogen and oxygen atoms in total. The van der Waals surface area contributed by atoms with Crippen LogP contribution in [0.4, 0.5) is 8.78 Å². The van der Waals surface area contributed by atoms with Crippen molar-refractivity contribution in [3.05, 3.63) is 63.9 Å². The van der Waals surface area contributed by atoms with Gasteiger partial charge in [0.25, 0.3) is 0 Å². The number of hydrogen-bond acceptors (Lipinski definition) is 2. The highest BCUT2D eigenvalue weighted by Gasteiger charge is 2.12. The molecular formula is C14H13BrF2N2. The maximum absolute atomic E-state index is 13.2. The second-order valence-electron chi connectivity index (χ2n) is 4.26. The molecular weight excluding hydrogens is 314 g/mol. The van der Waals surface area contributed by atoms with E-state index >= 15 is 0 Å². The first-order valence-corrected chi connectivity index (χ1v) is 6.60. The predicted octanol–water partition coefficient (Wildman–Crippen LogP) is 3.63. The topological polar surface area (TPSA) is 24.9 Å². The van der Waals surface area contributed by atoms with Gasteiger partial charge in [0.05, 0.1) is 0 Å². The number of nitrogens with one attached hydrogen (secondary N) is 1. The fourth-order valence-electron chi connectivity index (χ4n) is 1.97. The lowest BCUT2D eigenvalue weighted by molar-refractivity contribution is 0.561. The lowest BCUT2D eigenvalue weighted by atomic mass is 10.0. The van der Waals surface area contributed by atoms with Crippen molar-refractivity contribution in [2.75, 3.05) is 7.05 Å². The average molecular weight is 327 g/mol. The zero-order chi connectivity index (χ0) is 13.8. The van der Waals surface area contributed by atoms with Gasteiger partial charge in [-0.2, -0.15) is 0 Å². The van der Waals surface area contributed by atoms with Crippen molar-refractivity contribution in [3.63, 3.8) is 0 Å². The van der Waals surface area contributed by atoms with E-state index in [2.05, 4.69) is 26.2 Å². The summed E-state index contributed by atoms with van der Waals surface area (Å²) in [5.74, 6) is -1.12. The molecule has 0 aliphatic rings. The number of pyridine rings is 1. The maximum Gasteiger partial charge on any atom is 0.126 e. The van der Waals surface area contributed by atoms with Gasteiger partial charge in [-0.1, -0.05) is 0 Å². The van der Waals surface area contributed by atoms with Crippen LogP contribution in [0, 0.1) is 11.6 Å². The van der Waals surface area contributed by atoms with Gasteiger partial charge in [-0.05, 0) is 58.7 Å². The standard InChI is InChI=1S/C14H13BrF2N2/c1-18-14(10-5-11(15)8-19-7-10)4-9-2-12(16)6-13(17)3-9/h2-3,5-8,14,18H,4H2,1H3. The SMILES string of the molecule is CNC(Cc1cc(F)cc(F)c1)c1cncc(Br)c1. The fourth-order valence-corrected chi connectivity index (χ4v) is 2.35. The minimum atomic E-state index is -0.558. The molecule has 1 unspecified atom stereocenters. The molecule has 1 heterocycles. The summed E-state index contributed by atoms with van der Waals surface area (Å²) in [4.78, 5) is 4.09. The quantitative estimate of drug-likeness (QED) is 0.928. The summed E-state index contributed by atoms with van der Waals surface area (Å²) in [7, 11) is 1.81. The molecule has 0 saturated carbocycles. The third kappa shape index (κ3) is 3.81. The molecule has 1 atom stereocenters. The van der Waals surface area contributed by atoms with Crippen LogP contribution in [0.3, 0.4) is 0 Å². The molecule has 2 rings (SSSR count). The molecule has 0 aliphatic heterocycles. The number of nitrogens with zero attached hydrogens (tertiary/aromatic N) is 1. The molecule has 1 N–H and O–H groups in total. The Morgan fingerprint density at radius 2 is 1.84 bits per heavy atom. The van der Waals surface area contributed by atoms with E-state index in [1.165, 1.54) is 12.1 Å². The number of hydrogen-bond donors (Lipinski definition) is 1. The summed E-state index contributed by atoms with van der Waals surface area (Å²) in [6, 6.07) is 5.45. The maximum atomic E-state index is 13.2. The molecule has 2 aromatic rings. The Balaban J connectivity index is 2.23. The lowest BCUT2D eigenvalue weighted by Crippen LogP contribution is -2.19. The summed E-state index contributed by atoms with van der Waals surface area (Å²) in [6.07, 6.45) is 3.92. The summed E-state index contributed by atoms with van der Waals surface area (Å²) in [5, 5.41) is 3.13. The van der Waals surface area contributed by atoms with Gasteiger partial charge in [-0.25, -0.2) is 8.78 Å². The molecule has 100 valence electrons. The van der Waals surface area contributed by atoms with Crippen molar-refractivity contribution in [1.29, 1.82) is 0 Å². The van der Waals surface area contributed by atoms with Crippen LogP contribution in [0.2, 0.25) is 0 Å². The Morgan fingerprint density at radius 1 is 1.16 bits per heavy atom. The first kappa shape index (κ1) is 14.1. The Labute approximate surface area is 119 Å². The van der Waals surface area contributed by atoms with Crippen molar-refractivity contribution in [2.24, 2.45) is 0 Å². The van der Waals surface area contributed by atoms with Gasteiger partial charge >= 0.3 is 0 Å². The number of rotatable bonds is 4. The number of likely N-dealkylation sites (N-methyl/N-ethyl adjacent to an activating group) is 1. The summed E-state index contributed by atoms with van der Waals surface area (Å²) in [6.45, 7) is 0. The van der Waals surface area contributed by atoms with Gasteiger partial charge < -0.3 is 5.32 Å². The molecule has 0 spiro atoms. The smallest absolute Gasteiger partial charge is 0.126 e. The van der Waals surface area contributed by atoms with Crippen LogP contribution in [0.25, 0.3) is 0 Å². The van der Waals surface area contributed by atoms with Gasteiger partial charge in [0.2, 0.25) is 0 Å². The minimum Gasteiger partial charge on any atom is -0.313 e. The van der Waals surface area contributed by atoms with E-state index in [1.54, 1.807) is 19.4 Å². The highest BCUT2D eigenvalue weighted by atomic mass is 79.9. The third-order valence-corrected chi connectivity index (χ3v) is 3.27. The summed E-state index contributed by atoms with van der Waals surface area (Å²) >= 11 is 3.36. The zero-order valence-electron chi connectivity index (χ0n) is 10.3. The lowest BCUT2D eigenvalue weighted by Gasteiger charge is -2.16. The van der Waals surface area contributed by atoms with E-state index < -0.39 is 11.6 Å². The minimum absolute atomic E-state index is 0.0498. The van der Waals surface area contributed by atoms with Crippen LogP contribution in [-0.2, 0) is 6.42 Å². The number of aromatic nitrogens is 1. The van der Waals surface area contributed by atoms with Gasteiger partial charge in [0.15, 0.2) is 0 Å². The van der Waals surface area contributed by atoms with E-state index in [1.807, 2.05) is 6.07 Å². The first-order valence-electron chi connectivity index (χ1n) is 5.81. The fraction of sp³-hybridized carbons (Fsp3) is 0.214. The second-order valence-corrected chi connectivity index (χ2v) is 5.18. The first-order chi connectivity index (χ1) is 9.08. The molecule has 0 aliphatic carbocycles. The summed E-state index contributed by atoms with van der Waals surface area (Å²) in [5.41, 5.74) is 1.57. The van der Waals surface area contributed by atoms with Gasteiger partial charge in [-0.15, -0.1) is 0 Å². The molecule has 1 aromatic carbocycles. The van der Waals surface area contributed by atoms with Gasteiger partial charge in [0.1, 0.15) is 11.6 Å². The Kier molecular flexibility index (Phi) is 4.61. The zero-order valence-corrected chi connectivity index (χ0v) is 11.9. The molecule has 0 fully saturated rings. The van der Waals surface area contributed by atoms with E-state index in [-0.39, 0.29) is 6.04 Å². The monoisotopic (exact) mass is 326 g/mol. The molecule has 5 heteroatoms. The highest BCUT2D eigenvalue weighted by Crippen LogP contribution is 2.21. The van der Waals surface area contributed by atoms with Crippen molar-refractivity contribution in [1.82, 2.24) is 10.3 Å². The van der Waals surface area contributed by atoms with Gasteiger partial charge in [0, 0.05) is 29.0 Å². The van der Waals surface area contributed by atoms with E-state index in [4.69, 9.17) is 0 Å². The molecule has 1 aromatic heterocycles. The molecule has 0 bridgehead atoms. The normalized spacial score (nSPS) is 12.4. The molecule has 0 amide bonds. The van der Waals surface area contributed by atoms with E-state index in [9.17, 15) is 8.78 Å².